The Balaban J connectivity index is 2.46. The maximum Gasteiger partial charge on any atom is -0.00418 e. The molecule has 1 saturated carbocycles. The van der Waals surface area contributed by atoms with E-state index in [0.717, 1.165) is 11.8 Å². The normalized spacial score (nSPS) is 44.4. The van der Waals surface area contributed by atoms with Gasteiger partial charge in [-0.05, 0) is 41.1 Å². The summed E-state index contributed by atoms with van der Waals surface area (Å²) in [6.07, 6.45) is 11.5. The van der Waals surface area contributed by atoms with Gasteiger partial charge in [-0.1, -0.05) is 65.7 Å². The topological polar surface area (TPSA) is 0 Å². The molecule has 0 N–H and O–H groups in total. The van der Waals surface area contributed by atoms with Crippen molar-refractivity contribution in [3.8, 4) is 0 Å². The molecule has 0 amide bonds. The summed E-state index contributed by atoms with van der Waals surface area (Å²) in [7, 11) is 0. The minimum Gasteiger partial charge on any atom is -0.0953 e. The number of allylic oxidation sites excluding steroid dienone is 3. The van der Waals surface area contributed by atoms with E-state index >= 15 is 0 Å². The van der Waals surface area contributed by atoms with Crippen LogP contribution in [-0.2, 0) is 0 Å². The molecule has 0 spiro atoms. The number of hydrogen-bond donors (Lipinski definition) is 0. The lowest BCUT2D eigenvalue weighted by Crippen LogP contribution is -2.26. The lowest BCUT2D eigenvalue weighted by molar-refractivity contribution is 0.195. The molecule has 4 atom stereocenters. The van der Waals surface area contributed by atoms with Crippen LogP contribution in [0.3, 0.4) is 0 Å². The Hall–Kier alpha value is -0.520. The fourth-order valence-corrected chi connectivity index (χ4v) is 5.03. The fourth-order valence-electron chi connectivity index (χ4n) is 5.03. The smallest absolute Gasteiger partial charge is 0.00418 e. The molecular formula is C17H28. The summed E-state index contributed by atoms with van der Waals surface area (Å²) < 4.78 is 0. The van der Waals surface area contributed by atoms with E-state index in [2.05, 4.69) is 46.4 Å². The van der Waals surface area contributed by atoms with Crippen molar-refractivity contribution < 1.29 is 0 Å². The Morgan fingerprint density at radius 2 is 1.88 bits per heavy atom. The zero-order valence-corrected chi connectivity index (χ0v) is 12.1. The second-order valence-corrected chi connectivity index (χ2v) is 6.47. The fraction of sp³-hybridized carbons (Fsp3) is 0.765. The Labute approximate surface area is 107 Å². The van der Waals surface area contributed by atoms with E-state index in [9.17, 15) is 0 Å². The van der Waals surface area contributed by atoms with Gasteiger partial charge in [0.15, 0.2) is 0 Å². The van der Waals surface area contributed by atoms with Gasteiger partial charge in [-0.25, -0.2) is 0 Å². The van der Waals surface area contributed by atoms with Gasteiger partial charge in [0.05, 0.1) is 0 Å². The van der Waals surface area contributed by atoms with Gasteiger partial charge >= 0.3 is 0 Å². The van der Waals surface area contributed by atoms with Crippen LogP contribution in [0.25, 0.3) is 0 Å². The van der Waals surface area contributed by atoms with Crippen molar-refractivity contribution in [3.63, 3.8) is 0 Å². The highest BCUT2D eigenvalue weighted by Crippen LogP contribution is 2.66. The highest BCUT2D eigenvalue weighted by Gasteiger charge is 2.57. The molecule has 0 nitrogen and oxygen atoms in total. The molecule has 0 aliphatic heterocycles. The van der Waals surface area contributed by atoms with Gasteiger partial charge in [0.2, 0.25) is 0 Å². The first-order valence-corrected chi connectivity index (χ1v) is 7.42. The molecule has 1 fully saturated rings. The van der Waals surface area contributed by atoms with Gasteiger partial charge in [0, 0.05) is 0 Å². The van der Waals surface area contributed by atoms with Crippen LogP contribution in [0.4, 0.5) is 0 Å². The second kappa shape index (κ2) is 4.30. The summed E-state index contributed by atoms with van der Waals surface area (Å²) in [5.41, 5.74) is 2.24. The van der Waals surface area contributed by atoms with E-state index in [0.29, 0.717) is 10.8 Å². The van der Waals surface area contributed by atoms with E-state index in [1.54, 1.807) is 0 Å². The van der Waals surface area contributed by atoms with E-state index in [1.807, 2.05) is 0 Å². The summed E-state index contributed by atoms with van der Waals surface area (Å²) in [5, 5.41) is 0. The van der Waals surface area contributed by atoms with Crippen LogP contribution < -0.4 is 0 Å². The molecule has 0 radical (unpaired) electrons. The predicted octanol–water partition coefficient (Wildman–Crippen LogP) is 5.36. The van der Waals surface area contributed by atoms with Crippen molar-refractivity contribution in [2.45, 2.75) is 59.8 Å². The average molecular weight is 232 g/mol. The second-order valence-electron chi connectivity index (χ2n) is 6.47. The van der Waals surface area contributed by atoms with Crippen molar-refractivity contribution in [3.05, 3.63) is 24.3 Å². The number of rotatable bonds is 4. The van der Waals surface area contributed by atoms with Crippen molar-refractivity contribution >= 4 is 0 Å². The first-order chi connectivity index (χ1) is 8.04. The van der Waals surface area contributed by atoms with E-state index < -0.39 is 0 Å². The first-order valence-electron chi connectivity index (χ1n) is 7.42. The van der Waals surface area contributed by atoms with E-state index in [4.69, 9.17) is 0 Å². The molecule has 2 aliphatic carbocycles. The highest BCUT2D eigenvalue weighted by molar-refractivity contribution is 5.36. The first kappa shape index (κ1) is 12.9. The van der Waals surface area contributed by atoms with Crippen molar-refractivity contribution in [1.29, 1.82) is 0 Å². The molecular weight excluding hydrogens is 204 g/mol. The minimum atomic E-state index is 0.374. The van der Waals surface area contributed by atoms with Crippen LogP contribution >= 0.6 is 0 Å². The van der Waals surface area contributed by atoms with Crippen LogP contribution in [0.2, 0.25) is 0 Å². The molecule has 4 unspecified atom stereocenters. The SMILES string of the molecule is C=C1C=CC2(CCC)CC1(C)C(CC)C2CC. The van der Waals surface area contributed by atoms with Gasteiger partial charge < -0.3 is 0 Å². The lowest BCUT2D eigenvalue weighted by Gasteiger charge is -2.36. The van der Waals surface area contributed by atoms with Gasteiger partial charge in [0.1, 0.15) is 0 Å². The lowest BCUT2D eigenvalue weighted by atomic mass is 9.68. The predicted molar refractivity (Wildman–Crippen MR) is 75.9 cm³/mol. The zero-order valence-electron chi connectivity index (χ0n) is 12.1. The van der Waals surface area contributed by atoms with Crippen LogP contribution in [0.1, 0.15) is 59.8 Å². The Morgan fingerprint density at radius 1 is 1.24 bits per heavy atom. The van der Waals surface area contributed by atoms with Crippen molar-refractivity contribution in [1.82, 2.24) is 0 Å². The summed E-state index contributed by atoms with van der Waals surface area (Å²) in [4.78, 5) is 0. The number of hydrogen-bond acceptors (Lipinski definition) is 0. The molecule has 0 aromatic rings. The quantitative estimate of drug-likeness (QED) is 0.612. The molecule has 2 aliphatic rings. The molecule has 0 heteroatoms. The van der Waals surface area contributed by atoms with Crippen LogP contribution in [0, 0.1) is 22.7 Å². The highest BCUT2D eigenvalue weighted by atomic mass is 14.6. The summed E-state index contributed by atoms with van der Waals surface area (Å²) in [6.45, 7) is 13.9. The minimum absolute atomic E-state index is 0.374. The largest absolute Gasteiger partial charge is 0.0953 e. The molecule has 0 saturated heterocycles. The van der Waals surface area contributed by atoms with Crippen LogP contribution in [0.5, 0.6) is 0 Å². The van der Waals surface area contributed by atoms with Gasteiger partial charge in [-0.15, -0.1) is 0 Å². The number of fused-ring (bicyclic) bond motifs is 2. The van der Waals surface area contributed by atoms with Crippen LogP contribution in [-0.4, -0.2) is 0 Å². The maximum atomic E-state index is 4.34. The molecule has 2 rings (SSSR count). The molecule has 96 valence electrons. The van der Waals surface area contributed by atoms with E-state index in [1.165, 1.54) is 37.7 Å². The van der Waals surface area contributed by atoms with Crippen molar-refractivity contribution in [2.75, 3.05) is 0 Å². The summed E-state index contributed by atoms with van der Waals surface area (Å²) >= 11 is 0. The third kappa shape index (κ3) is 1.63. The molecule has 0 heterocycles. The molecule has 2 bridgehead atoms. The van der Waals surface area contributed by atoms with Crippen LogP contribution in [0.15, 0.2) is 24.3 Å². The Bertz CT molecular complexity index is 338. The maximum absolute atomic E-state index is 4.34. The zero-order chi connectivity index (χ0) is 12.7. The Kier molecular flexibility index (Phi) is 3.27. The standard InChI is InChI=1S/C17H28/c1-6-10-17-11-9-13(4)16(5,12-17)14(7-2)15(17)8-3/h9,11,14-15H,4,6-8,10,12H2,1-3,5H3. The van der Waals surface area contributed by atoms with Gasteiger partial charge in [-0.3, -0.25) is 0 Å². The average Bonchev–Trinajstić information content (AvgIpc) is 2.51. The van der Waals surface area contributed by atoms with Gasteiger partial charge in [0.25, 0.3) is 0 Å². The van der Waals surface area contributed by atoms with Crippen molar-refractivity contribution in [2.24, 2.45) is 22.7 Å². The molecule has 17 heavy (non-hydrogen) atoms. The third-order valence-electron chi connectivity index (χ3n) is 5.68. The molecule has 0 aromatic carbocycles. The molecule has 0 aromatic heterocycles. The Morgan fingerprint density at radius 3 is 2.41 bits per heavy atom. The van der Waals surface area contributed by atoms with Gasteiger partial charge in [-0.2, -0.15) is 0 Å². The summed E-state index contributed by atoms with van der Waals surface area (Å²) in [5.74, 6) is 1.70. The third-order valence-corrected chi connectivity index (χ3v) is 5.68. The monoisotopic (exact) mass is 232 g/mol. The van der Waals surface area contributed by atoms with E-state index in [-0.39, 0.29) is 0 Å². The summed E-state index contributed by atoms with van der Waals surface area (Å²) in [6, 6.07) is 0.